The molecule has 1 aliphatic heterocycles. The van der Waals surface area contributed by atoms with Crippen LogP contribution < -0.4 is 5.73 Å². The molecular formula is C20H25N3O2. The van der Waals surface area contributed by atoms with Crippen LogP contribution >= 0.6 is 0 Å². The Hall–Kier alpha value is -2.56. The van der Waals surface area contributed by atoms with E-state index >= 15 is 0 Å². The quantitative estimate of drug-likeness (QED) is 0.930. The molecule has 0 bridgehead atoms. The van der Waals surface area contributed by atoms with Crippen molar-refractivity contribution < 1.29 is 9.59 Å². The summed E-state index contributed by atoms with van der Waals surface area (Å²) in [6, 6.07) is 12.2. The molecule has 2 amide bonds. The zero-order chi connectivity index (χ0) is 18.0. The zero-order valence-electron chi connectivity index (χ0n) is 14.9. The summed E-state index contributed by atoms with van der Waals surface area (Å²) in [7, 11) is 0. The summed E-state index contributed by atoms with van der Waals surface area (Å²) in [4.78, 5) is 26.2. The number of carbonyl (C=O) groups is 2. The molecule has 2 aromatic rings. The van der Waals surface area contributed by atoms with E-state index < -0.39 is 0 Å². The number of primary amides is 1. The largest absolute Gasteiger partial charge is 0.369 e. The molecule has 2 N–H and O–H groups in total. The lowest BCUT2D eigenvalue weighted by Gasteiger charge is -2.31. The first-order valence-corrected chi connectivity index (χ1v) is 8.76. The van der Waals surface area contributed by atoms with Gasteiger partial charge in [-0.3, -0.25) is 9.59 Å². The fourth-order valence-electron chi connectivity index (χ4n) is 3.59. The Morgan fingerprint density at radius 3 is 2.60 bits per heavy atom. The van der Waals surface area contributed by atoms with Gasteiger partial charge in [-0.05, 0) is 38.3 Å². The number of aryl methyl sites for hydroxylation is 1. The summed E-state index contributed by atoms with van der Waals surface area (Å²) < 4.78 is 2.16. The Morgan fingerprint density at radius 1 is 1.20 bits per heavy atom. The first kappa shape index (κ1) is 17.3. The van der Waals surface area contributed by atoms with Crippen molar-refractivity contribution in [2.24, 2.45) is 11.7 Å². The number of hydrogen-bond acceptors (Lipinski definition) is 2. The van der Waals surface area contributed by atoms with Gasteiger partial charge in [-0.15, -0.1) is 0 Å². The Kier molecular flexibility index (Phi) is 4.93. The molecule has 0 saturated carbocycles. The number of nitrogens with zero attached hydrogens (tertiary/aromatic N) is 2. The van der Waals surface area contributed by atoms with Gasteiger partial charge in [0.1, 0.15) is 0 Å². The van der Waals surface area contributed by atoms with Gasteiger partial charge in [0, 0.05) is 31.0 Å². The lowest BCUT2D eigenvalue weighted by atomic mass is 9.97. The Morgan fingerprint density at radius 2 is 1.92 bits per heavy atom. The number of benzene rings is 1. The van der Waals surface area contributed by atoms with Crippen LogP contribution in [0.2, 0.25) is 0 Å². The van der Waals surface area contributed by atoms with Gasteiger partial charge in [-0.2, -0.15) is 0 Å². The number of likely N-dealkylation sites (tertiary alicyclic amines) is 1. The summed E-state index contributed by atoms with van der Waals surface area (Å²) in [6.07, 6.45) is 1.59. The molecule has 1 atom stereocenters. The number of nitrogens with two attached hydrogens (primary N) is 1. The molecule has 1 saturated heterocycles. The number of aromatic nitrogens is 1. The number of carbonyl (C=O) groups excluding carboxylic acids is 2. The summed E-state index contributed by atoms with van der Waals surface area (Å²) in [5, 5.41) is 0. The molecule has 5 nitrogen and oxygen atoms in total. The molecule has 2 heterocycles. The summed E-state index contributed by atoms with van der Waals surface area (Å²) in [5.41, 5.74) is 9.38. The van der Waals surface area contributed by atoms with Gasteiger partial charge in [0.25, 0.3) is 5.91 Å². The molecule has 132 valence electrons. The standard InChI is InChI=1S/C20H25N3O2/c1-14-11-18(15(2)23(14)12-16-7-4-3-5-8-16)20(25)22-10-6-9-17(13-22)19(21)24/h3-5,7-8,11,17H,6,9-10,12-13H2,1-2H3,(H2,21,24). The monoisotopic (exact) mass is 339 g/mol. The highest BCUT2D eigenvalue weighted by molar-refractivity contribution is 5.96. The van der Waals surface area contributed by atoms with Gasteiger partial charge in [-0.1, -0.05) is 30.3 Å². The van der Waals surface area contributed by atoms with Crippen LogP contribution in [0, 0.1) is 19.8 Å². The minimum atomic E-state index is -0.313. The van der Waals surface area contributed by atoms with Crippen LogP contribution in [-0.4, -0.2) is 34.4 Å². The fourth-order valence-corrected chi connectivity index (χ4v) is 3.59. The Balaban J connectivity index is 1.82. The number of rotatable bonds is 4. The van der Waals surface area contributed by atoms with Crippen LogP contribution in [-0.2, 0) is 11.3 Å². The van der Waals surface area contributed by atoms with Crippen molar-refractivity contribution in [2.75, 3.05) is 13.1 Å². The normalized spacial score (nSPS) is 17.5. The van der Waals surface area contributed by atoms with Gasteiger partial charge in [0.05, 0.1) is 11.5 Å². The van der Waals surface area contributed by atoms with Crippen molar-refractivity contribution in [3.05, 3.63) is 58.9 Å². The van der Waals surface area contributed by atoms with Gasteiger partial charge in [0.15, 0.2) is 0 Å². The van der Waals surface area contributed by atoms with Crippen LogP contribution in [0.5, 0.6) is 0 Å². The predicted molar refractivity (Wildman–Crippen MR) is 97.3 cm³/mol. The predicted octanol–water partition coefficient (Wildman–Crippen LogP) is 2.49. The molecule has 1 aromatic carbocycles. The van der Waals surface area contributed by atoms with Gasteiger partial charge in [0.2, 0.25) is 5.91 Å². The number of amides is 2. The van der Waals surface area contributed by atoms with E-state index in [1.54, 1.807) is 4.90 Å². The molecule has 0 radical (unpaired) electrons. The second kappa shape index (κ2) is 7.13. The zero-order valence-corrected chi connectivity index (χ0v) is 14.9. The average Bonchev–Trinajstić information content (AvgIpc) is 2.90. The highest BCUT2D eigenvalue weighted by atomic mass is 16.2. The van der Waals surface area contributed by atoms with E-state index in [0.29, 0.717) is 13.1 Å². The van der Waals surface area contributed by atoms with E-state index in [2.05, 4.69) is 16.7 Å². The second-order valence-corrected chi connectivity index (χ2v) is 6.85. The third-order valence-electron chi connectivity index (χ3n) is 5.10. The molecule has 1 fully saturated rings. The maximum absolute atomic E-state index is 13.0. The lowest BCUT2D eigenvalue weighted by molar-refractivity contribution is -0.123. The van der Waals surface area contributed by atoms with Crippen LogP contribution in [0.3, 0.4) is 0 Å². The molecule has 1 aromatic heterocycles. The van der Waals surface area contributed by atoms with Crippen molar-refractivity contribution in [1.82, 2.24) is 9.47 Å². The van der Waals surface area contributed by atoms with E-state index in [1.807, 2.05) is 38.1 Å². The van der Waals surface area contributed by atoms with Crippen LogP contribution in [0.4, 0.5) is 0 Å². The summed E-state index contributed by atoms with van der Waals surface area (Å²) in [5.74, 6) is -0.545. The summed E-state index contributed by atoms with van der Waals surface area (Å²) in [6.45, 7) is 5.87. The van der Waals surface area contributed by atoms with Crippen LogP contribution in [0.25, 0.3) is 0 Å². The fraction of sp³-hybridized carbons (Fsp3) is 0.400. The molecule has 0 spiro atoms. The van der Waals surface area contributed by atoms with Crippen LogP contribution in [0.15, 0.2) is 36.4 Å². The van der Waals surface area contributed by atoms with Gasteiger partial charge in [-0.25, -0.2) is 0 Å². The van der Waals surface area contributed by atoms with E-state index in [9.17, 15) is 9.59 Å². The Labute approximate surface area is 148 Å². The molecule has 3 rings (SSSR count). The number of hydrogen-bond donors (Lipinski definition) is 1. The highest BCUT2D eigenvalue weighted by Gasteiger charge is 2.29. The van der Waals surface area contributed by atoms with E-state index in [4.69, 9.17) is 5.73 Å². The Bertz CT molecular complexity index is 780. The average molecular weight is 339 g/mol. The van der Waals surface area contributed by atoms with Gasteiger partial charge < -0.3 is 15.2 Å². The molecule has 1 aliphatic rings. The second-order valence-electron chi connectivity index (χ2n) is 6.85. The molecule has 0 aliphatic carbocycles. The first-order valence-electron chi connectivity index (χ1n) is 8.76. The van der Waals surface area contributed by atoms with Crippen molar-refractivity contribution in [3.8, 4) is 0 Å². The third kappa shape index (κ3) is 3.60. The van der Waals surface area contributed by atoms with E-state index in [-0.39, 0.29) is 17.7 Å². The maximum atomic E-state index is 13.0. The topological polar surface area (TPSA) is 68.3 Å². The van der Waals surface area contributed by atoms with E-state index in [1.165, 1.54) is 5.56 Å². The molecule has 5 heteroatoms. The van der Waals surface area contributed by atoms with Crippen LogP contribution in [0.1, 0.15) is 40.2 Å². The molecular weight excluding hydrogens is 314 g/mol. The minimum Gasteiger partial charge on any atom is -0.369 e. The SMILES string of the molecule is Cc1cc(C(=O)N2CCCC(C(N)=O)C2)c(C)n1Cc1ccccc1. The highest BCUT2D eigenvalue weighted by Crippen LogP contribution is 2.22. The molecule has 1 unspecified atom stereocenters. The first-order chi connectivity index (χ1) is 12.0. The third-order valence-corrected chi connectivity index (χ3v) is 5.10. The van der Waals surface area contributed by atoms with Crippen molar-refractivity contribution in [2.45, 2.75) is 33.2 Å². The molecule has 25 heavy (non-hydrogen) atoms. The summed E-state index contributed by atoms with van der Waals surface area (Å²) >= 11 is 0. The maximum Gasteiger partial charge on any atom is 0.255 e. The van der Waals surface area contributed by atoms with Crippen molar-refractivity contribution >= 4 is 11.8 Å². The van der Waals surface area contributed by atoms with E-state index in [0.717, 1.165) is 36.3 Å². The van der Waals surface area contributed by atoms with Crippen molar-refractivity contribution in [1.29, 1.82) is 0 Å². The number of piperidine rings is 1. The lowest BCUT2D eigenvalue weighted by Crippen LogP contribution is -2.44. The van der Waals surface area contributed by atoms with Crippen molar-refractivity contribution in [3.63, 3.8) is 0 Å². The smallest absolute Gasteiger partial charge is 0.255 e. The minimum absolute atomic E-state index is 0.00152. The van der Waals surface area contributed by atoms with Gasteiger partial charge >= 0.3 is 0 Å².